The molecule has 3 aromatic carbocycles. The molecule has 3 nitrogen and oxygen atoms in total. The number of H-pyrrole nitrogens is 1. The molecule has 2 N–H and O–H groups in total. The van der Waals surface area contributed by atoms with Gasteiger partial charge in [0.15, 0.2) is 0 Å². The quantitative estimate of drug-likeness (QED) is 0.447. The van der Waals surface area contributed by atoms with Gasteiger partial charge in [-0.3, -0.25) is 0 Å². The molecule has 0 spiro atoms. The number of fused-ring (bicyclic) bond motifs is 1. The highest BCUT2D eigenvalue weighted by molar-refractivity contribution is 7.99. The molecule has 1 heterocycles. The number of aromatic nitrogens is 1. The molecule has 26 heavy (non-hydrogen) atoms. The van der Waals surface area contributed by atoms with Gasteiger partial charge < -0.3 is 15.0 Å². The van der Waals surface area contributed by atoms with Crippen LogP contribution < -0.4 is 10.1 Å². The van der Waals surface area contributed by atoms with E-state index in [9.17, 15) is 0 Å². The zero-order chi connectivity index (χ0) is 17.8. The molecular formula is C22H20N2OS. The Morgan fingerprint density at radius 2 is 1.62 bits per heavy atom. The number of ether oxygens (including phenoxy) is 1. The average Bonchev–Trinajstić information content (AvgIpc) is 3.05. The van der Waals surface area contributed by atoms with Crippen molar-refractivity contribution in [1.82, 2.24) is 4.98 Å². The van der Waals surface area contributed by atoms with Crippen molar-refractivity contribution in [3.63, 3.8) is 0 Å². The molecule has 4 heteroatoms. The van der Waals surface area contributed by atoms with Crippen molar-refractivity contribution >= 4 is 28.4 Å². The van der Waals surface area contributed by atoms with E-state index in [0.29, 0.717) is 0 Å². The Balaban J connectivity index is 1.61. The van der Waals surface area contributed by atoms with E-state index in [1.165, 1.54) is 20.9 Å². The van der Waals surface area contributed by atoms with Gasteiger partial charge in [-0.1, -0.05) is 48.2 Å². The summed E-state index contributed by atoms with van der Waals surface area (Å²) in [5, 5.41) is 4.76. The lowest BCUT2D eigenvalue weighted by Gasteiger charge is -2.09. The highest BCUT2D eigenvalue weighted by atomic mass is 32.2. The van der Waals surface area contributed by atoms with Gasteiger partial charge in [0.2, 0.25) is 0 Å². The Hall–Kier alpha value is -2.85. The summed E-state index contributed by atoms with van der Waals surface area (Å²) in [6.07, 6.45) is 0. The summed E-state index contributed by atoms with van der Waals surface area (Å²) in [5.74, 6) is 0.862. The third kappa shape index (κ3) is 3.55. The largest absolute Gasteiger partial charge is 0.497 e. The molecule has 0 amide bonds. The summed E-state index contributed by atoms with van der Waals surface area (Å²) < 4.78 is 5.22. The SMILES string of the molecule is COc1ccc(NCc2[nH]c3ccccc3c2Sc2ccccc2)cc1. The van der Waals surface area contributed by atoms with Crippen LogP contribution in [0.5, 0.6) is 5.75 Å². The summed E-state index contributed by atoms with van der Waals surface area (Å²) in [6.45, 7) is 0.732. The van der Waals surface area contributed by atoms with Gasteiger partial charge in [-0.05, 0) is 42.5 Å². The fraction of sp³-hybridized carbons (Fsp3) is 0.0909. The smallest absolute Gasteiger partial charge is 0.119 e. The van der Waals surface area contributed by atoms with Crippen molar-refractivity contribution < 1.29 is 4.74 Å². The van der Waals surface area contributed by atoms with Crippen LogP contribution in [0.1, 0.15) is 5.69 Å². The topological polar surface area (TPSA) is 37.0 Å². The molecular weight excluding hydrogens is 340 g/mol. The van der Waals surface area contributed by atoms with E-state index in [1.807, 2.05) is 30.3 Å². The van der Waals surface area contributed by atoms with Crippen molar-refractivity contribution in [1.29, 1.82) is 0 Å². The number of para-hydroxylation sites is 1. The second-order valence-electron chi connectivity index (χ2n) is 5.98. The van der Waals surface area contributed by atoms with Gasteiger partial charge in [-0.2, -0.15) is 0 Å². The van der Waals surface area contributed by atoms with Gasteiger partial charge in [-0.15, -0.1) is 0 Å². The number of benzene rings is 3. The number of methoxy groups -OCH3 is 1. The van der Waals surface area contributed by atoms with Crippen LogP contribution in [-0.2, 0) is 6.54 Å². The first kappa shape index (κ1) is 16.6. The second kappa shape index (κ2) is 7.58. The number of anilines is 1. The first-order valence-corrected chi connectivity index (χ1v) is 9.35. The van der Waals surface area contributed by atoms with E-state index in [4.69, 9.17) is 4.74 Å². The van der Waals surface area contributed by atoms with Crippen LogP contribution in [0.4, 0.5) is 5.69 Å². The van der Waals surface area contributed by atoms with E-state index in [2.05, 4.69) is 58.8 Å². The van der Waals surface area contributed by atoms with Gasteiger partial charge in [-0.25, -0.2) is 0 Å². The molecule has 4 rings (SSSR count). The number of nitrogens with one attached hydrogen (secondary N) is 2. The van der Waals surface area contributed by atoms with Gasteiger partial charge in [0, 0.05) is 32.1 Å². The number of hydrogen-bond donors (Lipinski definition) is 2. The van der Waals surface area contributed by atoms with E-state index in [0.717, 1.165) is 23.5 Å². The Morgan fingerprint density at radius 1 is 0.885 bits per heavy atom. The van der Waals surface area contributed by atoms with Crippen molar-refractivity contribution in [2.24, 2.45) is 0 Å². The minimum atomic E-state index is 0.732. The van der Waals surface area contributed by atoms with Gasteiger partial charge >= 0.3 is 0 Å². The molecule has 0 saturated carbocycles. The molecule has 0 saturated heterocycles. The van der Waals surface area contributed by atoms with Crippen LogP contribution >= 0.6 is 11.8 Å². The summed E-state index contributed by atoms with van der Waals surface area (Å²) in [7, 11) is 1.68. The maximum absolute atomic E-state index is 5.22. The Kier molecular flexibility index (Phi) is 4.84. The van der Waals surface area contributed by atoms with E-state index >= 15 is 0 Å². The molecule has 130 valence electrons. The van der Waals surface area contributed by atoms with Crippen LogP contribution in [0.3, 0.4) is 0 Å². The lowest BCUT2D eigenvalue weighted by Crippen LogP contribution is -2.00. The molecule has 0 aliphatic rings. The number of hydrogen-bond acceptors (Lipinski definition) is 3. The predicted octanol–water partition coefficient (Wildman–Crippen LogP) is 5.94. The predicted molar refractivity (Wildman–Crippen MR) is 109 cm³/mol. The van der Waals surface area contributed by atoms with Crippen LogP contribution in [0, 0.1) is 0 Å². The van der Waals surface area contributed by atoms with Gasteiger partial charge in [0.1, 0.15) is 5.75 Å². The second-order valence-corrected chi connectivity index (χ2v) is 7.06. The summed E-state index contributed by atoms with van der Waals surface area (Å²) in [4.78, 5) is 6.08. The molecule has 0 unspecified atom stereocenters. The lowest BCUT2D eigenvalue weighted by molar-refractivity contribution is 0.415. The van der Waals surface area contributed by atoms with Gasteiger partial charge in [0.05, 0.1) is 13.7 Å². The van der Waals surface area contributed by atoms with Crippen LogP contribution in [0.25, 0.3) is 10.9 Å². The zero-order valence-electron chi connectivity index (χ0n) is 14.5. The van der Waals surface area contributed by atoms with Crippen molar-refractivity contribution in [3.8, 4) is 5.75 Å². The van der Waals surface area contributed by atoms with E-state index in [1.54, 1.807) is 18.9 Å². The highest BCUT2D eigenvalue weighted by Crippen LogP contribution is 2.36. The molecule has 0 aliphatic heterocycles. The fourth-order valence-electron chi connectivity index (χ4n) is 2.92. The van der Waals surface area contributed by atoms with Crippen molar-refractivity contribution in [3.05, 3.63) is 84.6 Å². The van der Waals surface area contributed by atoms with Crippen LogP contribution in [0.2, 0.25) is 0 Å². The zero-order valence-corrected chi connectivity index (χ0v) is 15.3. The van der Waals surface area contributed by atoms with Crippen LogP contribution in [0.15, 0.2) is 88.7 Å². The van der Waals surface area contributed by atoms with E-state index < -0.39 is 0 Å². The monoisotopic (exact) mass is 360 g/mol. The number of rotatable bonds is 6. The summed E-state index contributed by atoms with van der Waals surface area (Å²) >= 11 is 1.80. The summed E-state index contributed by atoms with van der Waals surface area (Å²) in [5.41, 5.74) is 3.42. The fourth-order valence-corrected chi connectivity index (χ4v) is 3.98. The summed E-state index contributed by atoms with van der Waals surface area (Å²) in [6, 6.07) is 26.9. The number of aromatic amines is 1. The third-order valence-corrected chi connectivity index (χ3v) is 5.43. The maximum Gasteiger partial charge on any atom is 0.119 e. The van der Waals surface area contributed by atoms with Crippen molar-refractivity contribution in [2.75, 3.05) is 12.4 Å². The third-order valence-electron chi connectivity index (χ3n) is 4.25. The molecule has 0 radical (unpaired) electrons. The minimum absolute atomic E-state index is 0.732. The molecule has 1 aromatic heterocycles. The highest BCUT2D eigenvalue weighted by Gasteiger charge is 2.12. The first-order chi connectivity index (χ1) is 12.8. The Morgan fingerprint density at radius 3 is 2.38 bits per heavy atom. The van der Waals surface area contributed by atoms with Crippen LogP contribution in [-0.4, -0.2) is 12.1 Å². The maximum atomic E-state index is 5.22. The molecule has 0 fully saturated rings. The minimum Gasteiger partial charge on any atom is -0.497 e. The molecule has 0 atom stereocenters. The normalized spacial score (nSPS) is 10.8. The molecule has 4 aromatic rings. The first-order valence-electron chi connectivity index (χ1n) is 8.54. The van der Waals surface area contributed by atoms with E-state index in [-0.39, 0.29) is 0 Å². The standard InChI is InChI=1S/C22H20N2OS/c1-25-17-13-11-16(12-14-17)23-15-21-22(26-18-7-3-2-4-8-18)19-9-5-6-10-20(19)24-21/h2-14,23-24H,15H2,1H3. The lowest BCUT2D eigenvalue weighted by atomic mass is 10.2. The molecule has 0 aliphatic carbocycles. The Bertz CT molecular complexity index is 994. The van der Waals surface area contributed by atoms with Crippen molar-refractivity contribution in [2.45, 2.75) is 16.3 Å². The van der Waals surface area contributed by atoms with Gasteiger partial charge in [0.25, 0.3) is 0 Å². The Labute approximate surface area is 157 Å². The average molecular weight is 360 g/mol. The molecule has 0 bridgehead atoms.